The largest absolute Gasteiger partial charge is 0.355 e. The number of hydrogen-bond donors (Lipinski definition) is 1. The van der Waals surface area contributed by atoms with Gasteiger partial charge in [0, 0.05) is 6.54 Å². The van der Waals surface area contributed by atoms with Crippen LogP contribution in [0.2, 0.25) is 0 Å². The van der Waals surface area contributed by atoms with Crippen LogP contribution in [0.4, 0.5) is 0 Å². The fourth-order valence-electron chi connectivity index (χ4n) is 2.44. The minimum atomic E-state index is -0.726. The van der Waals surface area contributed by atoms with E-state index in [1.54, 1.807) is 0 Å². The molecule has 1 N–H and O–H groups in total. The zero-order chi connectivity index (χ0) is 13.7. The first-order valence-corrected chi connectivity index (χ1v) is 6.92. The van der Waals surface area contributed by atoms with Crippen LogP contribution in [0.1, 0.15) is 44.1 Å². The monoisotopic (exact) mass is 256 g/mol. The van der Waals surface area contributed by atoms with Gasteiger partial charge in [-0.2, -0.15) is 5.26 Å². The van der Waals surface area contributed by atoms with Crippen molar-refractivity contribution < 1.29 is 4.79 Å². The van der Waals surface area contributed by atoms with Gasteiger partial charge in [-0.3, -0.25) is 4.79 Å². The minimum absolute atomic E-state index is 0.0819. The Morgan fingerprint density at radius 3 is 2.63 bits per heavy atom. The molecule has 1 amide bonds. The number of amides is 1. The molecule has 3 nitrogen and oxygen atoms in total. The molecule has 1 saturated carbocycles. The molecule has 0 saturated heterocycles. The smallest absolute Gasteiger partial charge is 0.240 e. The molecule has 100 valence electrons. The quantitative estimate of drug-likeness (QED) is 0.880. The standard InChI is InChI=1S/C16H20N2O/c1-13(14-6-3-2-4-7-14)8-11-18-15(19)16(12-17)9-5-10-16/h2-4,6-7,13H,5,8-11H2,1H3,(H,18,19). The summed E-state index contributed by atoms with van der Waals surface area (Å²) in [5.74, 6) is 0.336. The molecule has 0 bridgehead atoms. The third-order valence-corrected chi connectivity index (χ3v) is 4.09. The highest BCUT2D eigenvalue weighted by atomic mass is 16.2. The van der Waals surface area contributed by atoms with Gasteiger partial charge in [-0.1, -0.05) is 37.3 Å². The Labute approximate surface area is 114 Å². The summed E-state index contributed by atoms with van der Waals surface area (Å²) in [5.41, 5.74) is 0.561. The van der Waals surface area contributed by atoms with Crippen molar-refractivity contribution in [3.05, 3.63) is 35.9 Å². The van der Waals surface area contributed by atoms with Gasteiger partial charge in [0.15, 0.2) is 0 Å². The SMILES string of the molecule is CC(CCNC(=O)C1(C#N)CCC1)c1ccccc1. The van der Waals surface area contributed by atoms with Crippen molar-refractivity contribution in [2.75, 3.05) is 6.54 Å². The molecular formula is C16H20N2O. The lowest BCUT2D eigenvalue weighted by molar-refractivity contribution is -0.131. The van der Waals surface area contributed by atoms with Crippen LogP contribution < -0.4 is 5.32 Å². The van der Waals surface area contributed by atoms with Crippen LogP contribution in [0.3, 0.4) is 0 Å². The third kappa shape index (κ3) is 2.96. The van der Waals surface area contributed by atoms with Crippen LogP contribution >= 0.6 is 0 Å². The predicted octanol–water partition coefficient (Wildman–Crippen LogP) is 2.99. The molecule has 0 radical (unpaired) electrons. The summed E-state index contributed by atoms with van der Waals surface area (Å²) in [6.07, 6.45) is 3.31. The average Bonchev–Trinajstić information content (AvgIpc) is 2.39. The fraction of sp³-hybridized carbons (Fsp3) is 0.500. The van der Waals surface area contributed by atoms with E-state index in [1.165, 1.54) is 5.56 Å². The Balaban J connectivity index is 1.78. The van der Waals surface area contributed by atoms with Gasteiger partial charge in [-0.25, -0.2) is 0 Å². The molecule has 19 heavy (non-hydrogen) atoms. The lowest BCUT2D eigenvalue weighted by Crippen LogP contribution is -2.45. The van der Waals surface area contributed by atoms with Gasteiger partial charge in [0.2, 0.25) is 5.91 Å². The summed E-state index contributed by atoms with van der Waals surface area (Å²) < 4.78 is 0. The lowest BCUT2D eigenvalue weighted by atomic mass is 9.69. The van der Waals surface area contributed by atoms with Crippen molar-refractivity contribution >= 4 is 5.91 Å². The second-order valence-electron chi connectivity index (χ2n) is 5.40. The predicted molar refractivity (Wildman–Crippen MR) is 74.4 cm³/mol. The summed E-state index contributed by atoms with van der Waals surface area (Å²) in [7, 11) is 0. The maximum absolute atomic E-state index is 12.0. The van der Waals surface area contributed by atoms with E-state index in [1.807, 2.05) is 18.2 Å². The van der Waals surface area contributed by atoms with Crippen molar-refractivity contribution in [2.45, 2.75) is 38.5 Å². The summed E-state index contributed by atoms with van der Waals surface area (Å²) >= 11 is 0. The molecule has 2 rings (SSSR count). The van der Waals surface area contributed by atoms with Crippen molar-refractivity contribution in [3.63, 3.8) is 0 Å². The molecule has 1 fully saturated rings. The summed E-state index contributed by atoms with van der Waals surface area (Å²) in [6.45, 7) is 2.79. The molecule has 0 aliphatic heterocycles. The second-order valence-corrected chi connectivity index (χ2v) is 5.40. The van der Waals surface area contributed by atoms with Gasteiger partial charge in [0.25, 0.3) is 0 Å². The van der Waals surface area contributed by atoms with E-state index in [-0.39, 0.29) is 5.91 Å². The Hall–Kier alpha value is -1.82. The lowest BCUT2D eigenvalue weighted by Gasteiger charge is -2.33. The Morgan fingerprint density at radius 1 is 1.42 bits per heavy atom. The molecule has 0 heterocycles. The minimum Gasteiger partial charge on any atom is -0.355 e. The van der Waals surface area contributed by atoms with Crippen LogP contribution in [0.5, 0.6) is 0 Å². The van der Waals surface area contributed by atoms with E-state index < -0.39 is 5.41 Å². The number of nitrogens with one attached hydrogen (secondary N) is 1. The summed E-state index contributed by atoms with van der Waals surface area (Å²) in [5, 5.41) is 12.0. The highest BCUT2D eigenvalue weighted by molar-refractivity contribution is 5.86. The Morgan fingerprint density at radius 2 is 2.11 bits per heavy atom. The Bertz CT molecular complexity index is 471. The van der Waals surface area contributed by atoms with Crippen molar-refractivity contribution in [2.24, 2.45) is 5.41 Å². The topological polar surface area (TPSA) is 52.9 Å². The summed E-state index contributed by atoms with van der Waals surface area (Å²) in [4.78, 5) is 12.0. The average molecular weight is 256 g/mol. The van der Waals surface area contributed by atoms with Gasteiger partial charge in [0.05, 0.1) is 6.07 Å². The number of hydrogen-bond acceptors (Lipinski definition) is 2. The van der Waals surface area contributed by atoms with E-state index in [0.717, 1.165) is 12.8 Å². The first-order valence-electron chi connectivity index (χ1n) is 6.92. The molecule has 1 atom stereocenters. The van der Waals surface area contributed by atoms with Crippen LogP contribution in [0.25, 0.3) is 0 Å². The zero-order valence-corrected chi connectivity index (χ0v) is 11.4. The molecular weight excluding hydrogens is 236 g/mol. The molecule has 1 aliphatic carbocycles. The van der Waals surface area contributed by atoms with E-state index >= 15 is 0 Å². The number of rotatable bonds is 5. The van der Waals surface area contributed by atoms with Gasteiger partial charge >= 0.3 is 0 Å². The second kappa shape index (κ2) is 5.88. The van der Waals surface area contributed by atoms with Gasteiger partial charge < -0.3 is 5.32 Å². The van der Waals surface area contributed by atoms with Crippen molar-refractivity contribution in [1.82, 2.24) is 5.32 Å². The molecule has 1 aromatic carbocycles. The van der Waals surface area contributed by atoms with E-state index in [9.17, 15) is 4.79 Å². The highest BCUT2D eigenvalue weighted by Gasteiger charge is 2.44. The molecule has 0 aromatic heterocycles. The summed E-state index contributed by atoms with van der Waals surface area (Å²) in [6, 6.07) is 12.5. The number of nitrogens with zero attached hydrogens (tertiary/aromatic N) is 1. The molecule has 1 aliphatic rings. The Kier molecular flexibility index (Phi) is 4.21. The molecule has 3 heteroatoms. The number of carbonyl (C=O) groups is 1. The van der Waals surface area contributed by atoms with Crippen LogP contribution in [0, 0.1) is 16.7 Å². The van der Waals surface area contributed by atoms with Crippen LogP contribution in [-0.2, 0) is 4.79 Å². The van der Waals surface area contributed by atoms with E-state index in [4.69, 9.17) is 5.26 Å². The van der Waals surface area contributed by atoms with E-state index in [0.29, 0.717) is 25.3 Å². The maximum atomic E-state index is 12.0. The zero-order valence-electron chi connectivity index (χ0n) is 11.4. The molecule has 1 unspecified atom stereocenters. The van der Waals surface area contributed by atoms with E-state index in [2.05, 4.69) is 30.4 Å². The van der Waals surface area contributed by atoms with Gasteiger partial charge in [-0.15, -0.1) is 0 Å². The fourth-order valence-corrected chi connectivity index (χ4v) is 2.44. The van der Waals surface area contributed by atoms with Crippen LogP contribution in [-0.4, -0.2) is 12.5 Å². The number of nitriles is 1. The molecule has 0 spiro atoms. The highest BCUT2D eigenvalue weighted by Crippen LogP contribution is 2.40. The number of carbonyl (C=O) groups excluding carboxylic acids is 1. The number of benzene rings is 1. The molecule has 1 aromatic rings. The van der Waals surface area contributed by atoms with Crippen LogP contribution in [0.15, 0.2) is 30.3 Å². The first kappa shape index (κ1) is 13.6. The first-order chi connectivity index (χ1) is 9.18. The van der Waals surface area contributed by atoms with Gasteiger partial charge in [-0.05, 0) is 37.2 Å². The van der Waals surface area contributed by atoms with Crippen molar-refractivity contribution in [1.29, 1.82) is 5.26 Å². The van der Waals surface area contributed by atoms with Gasteiger partial charge in [0.1, 0.15) is 5.41 Å². The maximum Gasteiger partial charge on any atom is 0.240 e. The van der Waals surface area contributed by atoms with Crippen molar-refractivity contribution in [3.8, 4) is 6.07 Å². The third-order valence-electron chi connectivity index (χ3n) is 4.09. The normalized spacial score (nSPS) is 17.9.